The first-order chi connectivity index (χ1) is 8.27. The summed E-state index contributed by atoms with van der Waals surface area (Å²) in [6.07, 6.45) is 1.84. The largest absolute Gasteiger partial charge is 0.354 e. The van der Waals surface area contributed by atoms with Crippen LogP contribution in [-0.2, 0) is 14.4 Å². The van der Waals surface area contributed by atoms with Crippen molar-refractivity contribution >= 4 is 18.1 Å². The summed E-state index contributed by atoms with van der Waals surface area (Å²) in [5.74, 6) is -0.497. The van der Waals surface area contributed by atoms with E-state index in [0.29, 0.717) is 18.5 Å². The van der Waals surface area contributed by atoms with Crippen molar-refractivity contribution in [3.8, 4) is 0 Å². The van der Waals surface area contributed by atoms with Gasteiger partial charge in [-0.2, -0.15) is 0 Å². The van der Waals surface area contributed by atoms with Gasteiger partial charge in [-0.05, 0) is 18.6 Å². The fraction of sp³-hybridized carbons (Fsp3) is 0.333. The van der Waals surface area contributed by atoms with Gasteiger partial charge in [0.05, 0.1) is 5.69 Å². The first kappa shape index (κ1) is 13.0. The van der Waals surface area contributed by atoms with Gasteiger partial charge in [0, 0.05) is 0 Å². The molecule has 0 bridgehead atoms. The Morgan fingerprint density at radius 2 is 2.12 bits per heavy atom. The van der Waals surface area contributed by atoms with Gasteiger partial charge in [0.25, 0.3) is 0 Å². The average molecular weight is 236 g/mol. The molecule has 2 N–H and O–H groups in total. The molecule has 0 saturated heterocycles. The average Bonchev–Trinajstić information content (AvgIpc) is 2.37. The van der Waals surface area contributed by atoms with Gasteiger partial charge in [0.1, 0.15) is 6.04 Å². The number of benzene rings is 1. The van der Waals surface area contributed by atoms with Crippen LogP contribution in [0, 0.1) is 0 Å². The summed E-state index contributed by atoms with van der Waals surface area (Å²) in [5, 5.41) is 2.42. The highest BCUT2D eigenvalue weighted by Crippen LogP contribution is 2.06. The molecule has 92 valence electrons. The van der Waals surface area contributed by atoms with Gasteiger partial charge in [-0.3, -0.25) is 4.79 Å². The zero-order valence-corrected chi connectivity index (χ0v) is 9.68. The zero-order valence-electron chi connectivity index (χ0n) is 9.68. The molecule has 17 heavy (non-hydrogen) atoms. The lowest BCUT2D eigenvalue weighted by molar-refractivity contribution is -0.144. The van der Waals surface area contributed by atoms with Crippen LogP contribution in [0.4, 0.5) is 5.69 Å². The maximum absolute atomic E-state index is 11.6. The summed E-state index contributed by atoms with van der Waals surface area (Å²) >= 11 is 0. The molecule has 0 aromatic heterocycles. The van der Waals surface area contributed by atoms with Crippen molar-refractivity contribution < 1.29 is 14.4 Å². The van der Waals surface area contributed by atoms with Crippen molar-refractivity contribution in [1.29, 1.82) is 0 Å². The topological polar surface area (TPSA) is 67.4 Å². The molecule has 0 spiro atoms. The van der Waals surface area contributed by atoms with Crippen molar-refractivity contribution in [2.75, 3.05) is 5.48 Å². The Morgan fingerprint density at radius 1 is 1.41 bits per heavy atom. The lowest BCUT2D eigenvalue weighted by atomic mass is 10.2. The van der Waals surface area contributed by atoms with E-state index >= 15 is 0 Å². The smallest absolute Gasteiger partial charge is 0.345 e. The highest BCUT2D eigenvalue weighted by atomic mass is 16.7. The highest BCUT2D eigenvalue weighted by molar-refractivity contribution is 5.78. The van der Waals surface area contributed by atoms with Crippen LogP contribution in [0.1, 0.15) is 19.8 Å². The second-order valence-corrected chi connectivity index (χ2v) is 3.51. The molecule has 0 saturated carbocycles. The lowest BCUT2D eigenvalue weighted by Crippen LogP contribution is -2.38. The molecule has 1 amide bonds. The third kappa shape index (κ3) is 4.55. The summed E-state index contributed by atoms with van der Waals surface area (Å²) in [6, 6.07) is 8.45. The minimum Gasteiger partial charge on any atom is -0.345 e. The van der Waals surface area contributed by atoms with Crippen LogP contribution in [0.5, 0.6) is 0 Å². The normalized spacial score (nSPS) is 11.4. The predicted molar refractivity (Wildman–Crippen MR) is 64.1 cm³/mol. The molecule has 5 heteroatoms. The van der Waals surface area contributed by atoms with Gasteiger partial charge in [-0.15, -0.1) is 0 Å². The Bertz CT molecular complexity index is 354. The maximum Gasteiger partial charge on any atom is 0.354 e. The van der Waals surface area contributed by atoms with Crippen LogP contribution in [0.2, 0.25) is 0 Å². The number of carbonyl (C=O) groups excluding carboxylic acids is 2. The Morgan fingerprint density at radius 3 is 2.71 bits per heavy atom. The minimum absolute atomic E-state index is 0.497. The predicted octanol–water partition coefficient (Wildman–Crippen LogP) is 1.47. The molecule has 1 rings (SSSR count). The minimum atomic E-state index is -0.603. The standard InChI is InChI=1S/C12H16N2O3/c1-2-6-11(13-9-15)12(16)17-14-10-7-4-3-5-8-10/h3-5,7-9,11,14H,2,6H2,1H3,(H,13,15)/t11-/m0/s1. The van der Waals surface area contributed by atoms with Crippen LogP contribution in [0.15, 0.2) is 30.3 Å². The maximum atomic E-state index is 11.6. The molecule has 0 aliphatic heterocycles. The van der Waals surface area contributed by atoms with Crippen LogP contribution in [0.3, 0.4) is 0 Å². The third-order valence-corrected chi connectivity index (χ3v) is 2.17. The Labute approximate surface area is 100 Å². The number of rotatable bonds is 7. The van der Waals surface area contributed by atoms with E-state index in [1.54, 1.807) is 12.1 Å². The summed E-state index contributed by atoms with van der Waals surface area (Å²) in [7, 11) is 0. The van der Waals surface area contributed by atoms with Crippen molar-refractivity contribution in [3.63, 3.8) is 0 Å². The molecule has 0 unspecified atom stereocenters. The van der Waals surface area contributed by atoms with Crippen molar-refractivity contribution in [3.05, 3.63) is 30.3 Å². The monoisotopic (exact) mass is 236 g/mol. The summed E-state index contributed by atoms with van der Waals surface area (Å²) in [6.45, 7) is 1.93. The van der Waals surface area contributed by atoms with Gasteiger partial charge < -0.3 is 10.2 Å². The van der Waals surface area contributed by atoms with E-state index in [1.807, 2.05) is 25.1 Å². The SMILES string of the molecule is CCC[C@H](NC=O)C(=O)ONc1ccccc1. The number of hydrogen-bond acceptors (Lipinski definition) is 4. The van der Waals surface area contributed by atoms with E-state index in [4.69, 9.17) is 4.84 Å². The number of amides is 1. The van der Waals surface area contributed by atoms with Gasteiger partial charge in [-0.1, -0.05) is 31.5 Å². The van der Waals surface area contributed by atoms with Crippen LogP contribution < -0.4 is 10.8 Å². The van der Waals surface area contributed by atoms with Gasteiger partial charge in [0.2, 0.25) is 6.41 Å². The molecule has 1 aromatic rings. The second kappa shape index (κ2) is 7.27. The Kier molecular flexibility index (Phi) is 5.57. The van der Waals surface area contributed by atoms with E-state index in [0.717, 1.165) is 6.42 Å². The van der Waals surface area contributed by atoms with E-state index in [2.05, 4.69) is 10.8 Å². The Balaban J connectivity index is 2.44. The number of nitrogens with one attached hydrogen (secondary N) is 2. The molecule has 1 atom stereocenters. The Hall–Kier alpha value is -2.04. The molecule has 0 fully saturated rings. The number of hydrogen-bond donors (Lipinski definition) is 2. The summed E-state index contributed by atoms with van der Waals surface area (Å²) < 4.78 is 0. The molecule has 0 aliphatic rings. The van der Waals surface area contributed by atoms with E-state index in [9.17, 15) is 9.59 Å². The van der Waals surface area contributed by atoms with Crippen molar-refractivity contribution in [2.24, 2.45) is 0 Å². The van der Waals surface area contributed by atoms with Crippen molar-refractivity contribution in [2.45, 2.75) is 25.8 Å². The van der Waals surface area contributed by atoms with Crippen LogP contribution >= 0.6 is 0 Å². The molecule has 5 nitrogen and oxygen atoms in total. The van der Waals surface area contributed by atoms with Gasteiger partial charge >= 0.3 is 5.97 Å². The van der Waals surface area contributed by atoms with Crippen LogP contribution in [-0.4, -0.2) is 18.4 Å². The zero-order chi connectivity index (χ0) is 12.5. The fourth-order valence-electron chi connectivity index (χ4n) is 1.33. The van der Waals surface area contributed by atoms with Gasteiger partial charge in [-0.25, -0.2) is 10.3 Å². The molecule has 0 aliphatic carbocycles. The number of carbonyl (C=O) groups is 2. The molecule has 0 heterocycles. The first-order valence-corrected chi connectivity index (χ1v) is 5.49. The van der Waals surface area contributed by atoms with E-state index in [1.165, 1.54) is 0 Å². The van der Waals surface area contributed by atoms with Crippen molar-refractivity contribution in [1.82, 2.24) is 5.32 Å². The fourth-order valence-corrected chi connectivity index (χ4v) is 1.33. The van der Waals surface area contributed by atoms with Crippen LogP contribution in [0.25, 0.3) is 0 Å². The van der Waals surface area contributed by atoms with E-state index < -0.39 is 12.0 Å². The number of anilines is 1. The molecular formula is C12H16N2O3. The van der Waals surface area contributed by atoms with E-state index in [-0.39, 0.29) is 0 Å². The first-order valence-electron chi connectivity index (χ1n) is 5.49. The quantitative estimate of drug-likeness (QED) is 0.555. The summed E-state index contributed by atoms with van der Waals surface area (Å²) in [5.41, 5.74) is 3.22. The van der Waals surface area contributed by atoms with Gasteiger partial charge in [0.15, 0.2) is 0 Å². The summed E-state index contributed by atoms with van der Waals surface area (Å²) in [4.78, 5) is 26.8. The molecule has 1 aromatic carbocycles. The second-order valence-electron chi connectivity index (χ2n) is 3.51. The number of para-hydroxylation sites is 1. The molecular weight excluding hydrogens is 220 g/mol. The lowest BCUT2D eigenvalue weighted by Gasteiger charge is -2.14. The highest BCUT2D eigenvalue weighted by Gasteiger charge is 2.18. The molecule has 0 radical (unpaired) electrons. The third-order valence-electron chi connectivity index (χ3n) is 2.17.